The van der Waals surface area contributed by atoms with E-state index in [2.05, 4.69) is 41.4 Å². The Bertz CT molecular complexity index is 315. The molecule has 0 saturated carbocycles. The summed E-state index contributed by atoms with van der Waals surface area (Å²) >= 11 is 0. The quantitative estimate of drug-likeness (QED) is 0.719. The molecule has 2 atom stereocenters. The number of aryl methyl sites for hydroxylation is 1. The molecule has 4 rings (SSSR count). The zero-order chi connectivity index (χ0) is 9.54. The molecule has 0 spiro atoms. The number of piperazine rings is 1. The van der Waals surface area contributed by atoms with Gasteiger partial charge in [-0.25, -0.2) is 0 Å². The van der Waals surface area contributed by atoms with Gasteiger partial charge in [0, 0.05) is 30.9 Å². The number of hydrogen-bond acceptors (Lipinski definition) is 2. The van der Waals surface area contributed by atoms with Gasteiger partial charge in [0.1, 0.15) is 0 Å². The van der Waals surface area contributed by atoms with Crippen molar-refractivity contribution in [2.45, 2.75) is 25.4 Å². The largest absolute Gasteiger partial charge is 0.368 e. The van der Waals surface area contributed by atoms with E-state index >= 15 is 0 Å². The number of nitrogens with zero attached hydrogens (tertiary/aromatic N) is 1. The molecule has 0 aliphatic carbocycles. The van der Waals surface area contributed by atoms with Crippen molar-refractivity contribution < 1.29 is 0 Å². The average Bonchev–Trinajstić information content (AvgIpc) is 2.18. The Morgan fingerprint density at radius 2 is 1.71 bits per heavy atom. The molecule has 1 aromatic carbocycles. The molecule has 0 radical (unpaired) electrons. The van der Waals surface area contributed by atoms with Crippen LogP contribution in [0.1, 0.15) is 12.0 Å². The third-order valence-electron chi connectivity index (χ3n) is 3.32. The van der Waals surface area contributed by atoms with Crippen LogP contribution < -0.4 is 10.2 Å². The minimum absolute atomic E-state index is 0.745. The van der Waals surface area contributed by atoms with E-state index in [0.29, 0.717) is 0 Å². The zero-order valence-electron chi connectivity index (χ0n) is 8.53. The molecule has 14 heavy (non-hydrogen) atoms. The summed E-state index contributed by atoms with van der Waals surface area (Å²) in [6, 6.07) is 10.4. The van der Waals surface area contributed by atoms with Gasteiger partial charge in [0.25, 0.3) is 0 Å². The van der Waals surface area contributed by atoms with Crippen molar-refractivity contribution >= 4 is 5.69 Å². The Kier molecular flexibility index (Phi) is 1.77. The van der Waals surface area contributed by atoms with Crippen molar-refractivity contribution in [3.8, 4) is 0 Å². The lowest BCUT2D eigenvalue weighted by molar-refractivity contribution is 0.226. The summed E-state index contributed by atoms with van der Waals surface area (Å²) in [5, 5.41) is 3.55. The second kappa shape index (κ2) is 2.99. The van der Waals surface area contributed by atoms with Crippen LogP contribution in [0.2, 0.25) is 0 Å². The number of benzene rings is 1. The Morgan fingerprint density at radius 3 is 2.29 bits per heavy atom. The summed E-state index contributed by atoms with van der Waals surface area (Å²) in [6.07, 6.45) is 1.38. The van der Waals surface area contributed by atoms with Gasteiger partial charge in [-0.15, -0.1) is 0 Å². The standard InChI is InChI=1S/C12H16N2/c1-9-2-4-12(5-3-9)14-7-10-6-11(8-14)13-10/h2-5,10-11,13H,6-8H2,1H3. The van der Waals surface area contributed by atoms with E-state index in [0.717, 1.165) is 12.1 Å². The van der Waals surface area contributed by atoms with Gasteiger partial charge in [0.2, 0.25) is 0 Å². The Morgan fingerprint density at radius 1 is 1.14 bits per heavy atom. The third kappa shape index (κ3) is 1.30. The van der Waals surface area contributed by atoms with E-state index in [1.807, 2.05) is 0 Å². The van der Waals surface area contributed by atoms with Gasteiger partial charge in [-0.05, 0) is 25.5 Å². The average molecular weight is 188 g/mol. The van der Waals surface area contributed by atoms with E-state index in [-0.39, 0.29) is 0 Å². The molecule has 0 aromatic heterocycles. The van der Waals surface area contributed by atoms with Gasteiger partial charge in [0.05, 0.1) is 0 Å². The molecule has 0 amide bonds. The van der Waals surface area contributed by atoms with Gasteiger partial charge < -0.3 is 10.2 Å². The van der Waals surface area contributed by atoms with Gasteiger partial charge in [0.15, 0.2) is 0 Å². The van der Waals surface area contributed by atoms with Gasteiger partial charge in [-0.1, -0.05) is 17.7 Å². The molecule has 74 valence electrons. The van der Waals surface area contributed by atoms with Crippen LogP contribution in [0, 0.1) is 6.92 Å². The predicted octanol–water partition coefficient (Wildman–Crippen LogP) is 1.55. The molecule has 1 aromatic rings. The molecular weight excluding hydrogens is 172 g/mol. The number of nitrogens with one attached hydrogen (secondary N) is 1. The van der Waals surface area contributed by atoms with E-state index in [1.165, 1.54) is 30.8 Å². The number of piperidine rings is 1. The fraction of sp³-hybridized carbons (Fsp3) is 0.500. The monoisotopic (exact) mass is 188 g/mol. The number of hydrogen-bond donors (Lipinski definition) is 1. The molecule has 3 aliphatic heterocycles. The van der Waals surface area contributed by atoms with Crippen LogP contribution in [0.25, 0.3) is 0 Å². The highest BCUT2D eigenvalue weighted by molar-refractivity contribution is 5.49. The Hall–Kier alpha value is -1.02. The molecule has 3 saturated heterocycles. The maximum absolute atomic E-state index is 3.55. The summed E-state index contributed by atoms with van der Waals surface area (Å²) in [4.78, 5) is 2.49. The molecule has 2 heteroatoms. The molecule has 2 nitrogen and oxygen atoms in total. The highest BCUT2D eigenvalue weighted by atomic mass is 15.3. The lowest BCUT2D eigenvalue weighted by Gasteiger charge is -2.49. The molecular formula is C12H16N2. The number of fused-ring (bicyclic) bond motifs is 2. The van der Waals surface area contributed by atoms with Crippen molar-refractivity contribution in [1.29, 1.82) is 0 Å². The third-order valence-corrected chi connectivity index (χ3v) is 3.32. The van der Waals surface area contributed by atoms with Crippen LogP contribution in [0.3, 0.4) is 0 Å². The number of anilines is 1. The highest BCUT2D eigenvalue weighted by Gasteiger charge is 2.36. The van der Waals surface area contributed by atoms with E-state index in [4.69, 9.17) is 0 Å². The van der Waals surface area contributed by atoms with Crippen molar-refractivity contribution in [3.05, 3.63) is 29.8 Å². The van der Waals surface area contributed by atoms with Gasteiger partial charge >= 0.3 is 0 Å². The first-order valence-electron chi connectivity index (χ1n) is 5.39. The summed E-state index contributed by atoms with van der Waals surface area (Å²) in [7, 11) is 0. The minimum atomic E-state index is 0.745. The fourth-order valence-corrected chi connectivity index (χ4v) is 2.48. The first kappa shape index (κ1) is 8.30. The lowest BCUT2D eigenvalue weighted by Crippen LogP contribution is -2.67. The molecule has 1 N–H and O–H groups in total. The highest BCUT2D eigenvalue weighted by Crippen LogP contribution is 2.25. The van der Waals surface area contributed by atoms with Crippen LogP contribution >= 0.6 is 0 Å². The summed E-state index contributed by atoms with van der Waals surface area (Å²) < 4.78 is 0. The van der Waals surface area contributed by atoms with Crippen LogP contribution in [0.15, 0.2) is 24.3 Å². The first-order valence-corrected chi connectivity index (χ1v) is 5.39. The van der Waals surface area contributed by atoms with E-state index in [9.17, 15) is 0 Å². The van der Waals surface area contributed by atoms with E-state index < -0.39 is 0 Å². The van der Waals surface area contributed by atoms with Crippen LogP contribution in [-0.2, 0) is 0 Å². The first-order chi connectivity index (χ1) is 6.81. The maximum atomic E-state index is 3.55. The summed E-state index contributed by atoms with van der Waals surface area (Å²) in [6.45, 7) is 4.50. The van der Waals surface area contributed by atoms with Crippen LogP contribution in [0.5, 0.6) is 0 Å². The van der Waals surface area contributed by atoms with Gasteiger partial charge in [-0.2, -0.15) is 0 Å². The maximum Gasteiger partial charge on any atom is 0.0367 e. The minimum Gasteiger partial charge on any atom is -0.368 e. The van der Waals surface area contributed by atoms with Crippen molar-refractivity contribution in [2.24, 2.45) is 0 Å². The summed E-state index contributed by atoms with van der Waals surface area (Å²) in [5.74, 6) is 0. The second-order valence-electron chi connectivity index (χ2n) is 4.54. The molecule has 2 bridgehead atoms. The van der Waals surface area contributed by atoms with E-state index in [1.54, 1.807) is 0 Å². The summed E-state index contributed by atoms with van der Waals surface area (Å²) in [5.41, 5.74) is 2.72. The normalized spacial score (nSPS) is 29.9. The second-order valence-corrected chi connectivity index (χ2v) is 4.54. The smallest absolute Gasteiger partial charge is 0.0367 e. The molecule has 3 heterocycles. The molecule has 3 fully saturated rings. The topological polar surface area (TPSA) is 15.3 Å². The van der Waals surface area contributed by atoms with Crippen molar-refractivity contribution in [3.63, 3.8) is 0 Å². The van der Waals surface area contributed by atoms with Crippen LogP contribution in [0.4, 0.5) is 5.69 Å². The predicted molar refractivity (Wildman–Crippen MR) is 58.7 cm³/mol. The number of rotatable bonds is 1. The van der Waals surface area contributed by atoms with Crippen molar-refractivity contribution in [1.82, 2.24) is 5.32 Å². The van der Waals surface area contributed by atoms with Gasteiger partial charge in [-0.3, -0.25) is 0 Å². The zero-order valence-corrected chi connectivity index (χ0v) is 8.53. The Labute approximate surface area is 84.9 Å². The molecule has 2 unspecified atom stereocenters. The van der Waals surface area contributed by atoms with Crippen molar-refractivity contribution in [2.75, 3.05) is 18.0 Å². The SMILES string of the molecule is Cc1ccc(N2CC3CC(C2)N3)cc1. The fourth-order valence-electron chi connectivity index (χ4n) is 2.48. The molecule has 3 aliphatic rings. The van der Waals surface area contributed by atoms with Crippen LogP contribution in [-0.4, -0.2) is 25.2 Å². The lowest BCUT2D eigenvalue weighted by atomic mass is 9.91. The Balaban J connectivity index is 1.79.